The van der Waals surface area contributed by atoms with Crippen LogP contribution in [0.25, 0.3) is 90.3 Å². The second kappa shape index (κ2) is 14.9. The molecule has 0 aliphatic heterocycles. The summed E-state index contributed by atoms with van der Waals surface area (Å²) in [6.07, 6.45) is 0. The van der Waals surface area contributed by atoms with Crippen molar-refractivity contribution >= 4 is 0 Å². The van der Waals surface area contributed by atoms with E-state index < -0.39 is 0 Å². The van der Waals surface area contributed by atoms with Gasteiger partial charge in [0.15, 0.2) is 23.3 Å². The van der Waals surface area contributed by atoms with Crippen LogP contribution in [0.2, 0.25) is 0 Å². The van der Waals surface area contributed by atoms with Crippen LogP contribution in [0.3, 0.4) is 0 Å². The lowest BCUT2D eigenvalue weighted by atomic mass is 9.95. The number of nitrogens with zero attached hydrogens (tertiary/aromatic N) is 5. The van der Waals surface area contributed by atoms with Crippen LogP contribution in [0.4, 0.5) is 0 Å². The summed E-state index contributed by atoms with van der Waals surface area (Å²) in [4.78, 5) is 25.2. The molecule has 0 fully saturated rings. The van der Waals surface area contributed by atoms with E-state index in [0.717, 1.165) is 72.6 Å². The lowest BCUT2D eigenvalue weighted by molar-refractivity contribution is 1.07. The van der Waals surface area contributed by atoms with Gasteiger partial charge in [-0.2, -0.15) is 0 Å². The van der Waals surface area contributed by atoms with Gasteiger partial charge in [-0.3, -0.25) is 0 Å². The fourth-order valence-corrected chi connectivity index (χ4v) is 6.81. The second-order valence-electron chi connectivity index (χ2n) is 13.4. The maximum atomic E-state index is 5.10. The van der Waals surface area contributed by atoms with Crippen LogP contribution < -0.4 is 0 Å². The molecular weight excluding hydrogens is 671 g/mol. The molecule has 9 rings (SSSR count). The van der Waals surface area contributed by atoms with E-state index in [4.69, 9.17) is 24.9 Å². The Morgan fingerprint density at radius 1 is 0.255 bits per heavy atom. The number of hydrogen-bond acceptors (Lipinski definition) is 5. The quantitative estimate of drug-likeness (QED) is 0.157. The lowest BCUT2D eigenvalue weighted by Crippen LogP contribution is -2.00. The van der Waals surface area contributed by atoms with Gasteiger partial charge >= 0.3 is 0 Å². The third-order valence-electron chi connectivity index (χ3n) is 9.69. The Morgan fingerprint density at radius 3 is 1.25 bits per heavy atom. The highest BCUT2D eigenvalue weighted by atomic mass is 15.0. The Morgan fingerprint density at radius 2 is 0.655 bits per heavy atom. The molecule has 0 aliphatic carbocycles. The smallest absolute Gasteiger partial charge is 0.164 e. The first-order valence-electron chi connectivity index (χ1n) is 18.3. The van der Waals surface area contributed by atoms with Gasteiger partial charge in [0.25, 0.3) is 0 Å². The van der Waals surface area contributed by atoms with Crippen molar-refractivity contribution in [3.8, 4) is 90.3 Å². The van der Waals surface area contributed by atoms with E-state index in [0.29, 0.717) is 23.3 Å². The van der Waals surface area contributed by atoms with Crippen molar-refractivity contribution in [2.24, 2.45) is 0 Å². The molecule has 55 heavy (non-hydrogen) atoms. The van der Waals surface area contributed by atoms with Crippen LogP contribution >= 0.6 is 0 Å². The largest absolute Gasteiger partial charge is 0.228 e. The Kier molecular flexibility index (Phi) is 9.09. The summed E-state index contributed by atoms with van der Waals surface area (Å²) in [7, 11) is 0. The van der Waals surface area contributed by atoms with Gasteiger partial charge in [-0.15, -0.1) is 0 Å². The van der Waals surface area contributed by atoms with Crippen molar-refractivity contribution in [1.82, 2.24) is 24.9 Å². The third-order valence-corrected chi connectivity index (χ3v) is 9.69. The molecule has 0 radical (unpaired) electrons. The molecule has 0 spiro atoms. The van der Waals surface area contributed by atoms with Gasteiger partial charge in [0.05, 0.1) is 11.4 Å². The van der Waals surface area contributed by atoms with Crippen LogP contribution in [0, 0.1) is 6.92 Å². The molecule has 0 N–H and O–H groups in total. The lowest BCUT2D eigenvalue weighted by Gasteiger charge is -2.13. The summed E-state index contributed by atoms with van der Waals surface area (Å²) in [5.41, 5.74) is 13.1. The highest BCUT2D eigenvalue weighted by molar-refractivity contribution is 5.80. The molecule has 0 saturated heterocycles. The minimum absolute atomic E-state index is 0.613. The number of benzene rings is 7. The molecule has 2 aromatic heterocycles. The molecule has 0 aliphatic rings. The fourth-order valence-electron chi connectivity index (χ4n) is 6.81. The topological polar surface area (TPSA) is 64.5 Å². The molecule has 5 nitrogen and oxygen atoms in total. The van der Waals surface area contributed by atoms with E-state index in [1.54, 1.807) is 0 Å². The predicted octanol–water partition coefficient (Wildman–Crippen LogP) is 12.3. The predicted molar refractivity (Wildman–Crippen MR) is 224 cm³/mol. The summed E-state index contributed by atoms with van der Waals surface area (Å²) >= 11 is 0. The summed E-state index contributed by atoms with van der Waals surface area (Å²) in [6.45, 7) is 2.14. The molecule has 0 bridgehead atoms. The average Bonchev–Trinajstić information content (AvgIpc) is 3.27. The Hall–Kier alpha value is -7.37. The highest BCUT2D eigenvalue weighted by Gasteiger charge is 2.16. The molecule has 0 amide bonds. The minimum Gasteiger partial charge on any atom is -0.228 e. The molecule has 5 heteroatoms. The van der Waals surface area contributed by atoms with E-state index in [9.17, 15) is 0 Å². The number of aryl methyl sites for hydroxylation is 1. The van der Waals surface area contributed by atoms with Gasteiger partial charge < -0.3 is 0 Å². The second-order valence-corrected chi connectivity index (χ2v) is 13.4. The minimum atomic E-state index is 0.613. The first-order valence-corrected chi connectivity index (χ1v) is 18.3. The van der Waals surface area contributed by atoms with Crippen LogP contribution in [-0.4, -0.2) is 24.9 Å². The van der Waals surface area contributed by atoms with Crippen molar-refractivity contribution < 1.29 is 0 Å². The van der Waals surface area contributed by atoms with Crippen molar-refractivity contribution in [3.63, 3.8) is 0 Å². The van der Waals surface area contributed by atoms with Gasteiger partial charge in [-0.1, -0.05) is 170 Å². The third kappa shape index (κ3) is 7.19. The number of rotatable bonds is 8. The first-order chi connectivity index (χ1) is 27.1. The molecule has 260 valence electrons. The van der Waals surface area contributed by atoms with Crippen molar-refractivity contribution in [2.45, 2.75) is 6.92 Å². The van der Waals surface area contributed by atoms with Gasteiger partial charge in [-0.05, 0) is 59.0 Å². The van der Waals surface area contributed by atoms with Crippen LogP contribution in [0.15, 0.2) is 194 Å². The summed E-state index contributed by atoms with van der Waals surface area (Å²) in [6, 6.07) is 66.3. The van der Waals surface area contributed by atoms with Crippen LogP contribution in [-0.2, 0) is 0 Å². The zero-order valence-electron chi connectivity index (χ0n) is 30.2. The molecule has 0 unspecified atom stereocenters. The normalized spacial score (nSPS) is 11.0. The average molecular weight is 706 g/mol. The van der Waals surface area contributed by atoms with Crippen molar-refractivity contribution in [1.29, 1.82) is 0 Å². The number of hydrogen-bond donors (Lipinski definition) is 0. The molecule has 7 aromatic carbocycles. The fraction of sp³-hybridized carbons (Fsp3) is 0.0200. The van der Waals surface area contributed by atoms with E-state index in [-0.39, 0.29) is 0 Å². The Balaban J connectivity index is 1.14. The van der Waals surface area contributed by atoms with Crippen molar-refractivity contribution in [3.05, 3.63) is 200 Å². The maximum absolute atomic E-state index is 5.10. The Bertz CT molecular complexity index is 2690. The maximum Gasteiger partial charge on any atom is 0.164 e. The van der Waals surface area contributed by atoms with Crippen molar-refractivity contribution in [2.75, 3.05) is 0 Å². The zero-order valence-corrected chi connectivity index (χ0v) is 30.2. The van der Waals surface area contributed by atoms with E-state index in [1.807, 2.05) is 72.8 Å². The summed E-state index contributed by atoms with van der Waals surface area (Å²) in [5.74, 6) is 2.55. The monoisotopic (exact) mass is 705 g/mol. The van der Waals surface area contributed by atoms with Gasteiger partial charge in [0.1, 0.15) is 0 Å². The molecular formula is C50H35N5. The standard InChI is InChI=1S/C50H35N5/c1-34-28-29-43(50-54-48(38-22-12-5-13-23-38)53-49(55-50)42-27-14-24-39(30-42)35-16-6-2-7-17-35)32-44(34)40-25-15-26-41(31-40)46-33-45(36-18-8-3-9-19-36)51-47(52-46)37-20-10-4-11-21-37/h2-33H,1H3. The molecule has 0 atom stereocenters. The first kappa shape index (κ1) is 33.5. The molecule has 2 heterocycles. The van der Waals surface area contributed by atoms with E-state index in [2.05, 4.69) is 128 Å². The van der Waals surface area contributed by atoms with E-state index >= 15 is 0 Å². The summed E-state index contributed by atoms with van der Waals surface area (Å²) in [5, 5.41) is 0. The SMILES string of the molecule is Cc1ccc(-c2nc(-c3ccccc3)nc(-c3cccc(-c4ccccc4)c3)n2)cc1-c1cccc(-c2cc(-c3ccccc3)nc(-c3ccccc3)n2)c1. The highest BCUT2D eigenvalue weighted by Crippen LogP contribution is 2.34. The van der Waals surface area contributed by atoms with Gasteiger partial charge in [-0.25, -0.2) is 24.9 Å². The van der Waals surface area contributed by atoms with Gasteiger partial charge in [0, 0.05) is 33.4 Å². The molecule has 9 aromatic rings. The summed E-state index contributed by atoms with van der Waals surface area (Å²) < 4.78 is 0. The van der Waals surface area contributed by atoms with Crippen LogP contribution in [0.1, 0.15) is 5.56 Å². The van der Waals surface area contributed by atoms with Gasteiger partial charge in [0.2, 0.25) is 0 Å². The molecule has 0 saturated carbocycles. The zero-order chi connectivity index (χ0) is 37.0. The number of aromatic nitrogens is 5. The Labute approximate surface area is 320 Å². The van der Waals surface area contributed by atoms with Crippen LogP contribution in [0.5, 0.6) is 0 Å². The van der Waals surface area contributed by atoms with E-state index in [1.165, 1.54) is 0 Å².